The molecule has 14 heavy (non-hydrogen) atoms. The Morgan fingerprint density at radius 2 is 1.79 bits per heavy atom. The Balaban J connectivity index is 1.57. The average Bonchev–Trinajstić information content (AvgIpc) is 2.78. The summed E-state index contributed by atoms with van der Waals surface area (Å²) >= 11 is 0. The molecule has 2 nitrogen and oxygen atoms in total. The zero-order valence-electron chi connectivity index (χ0n) is 8.93. The summed E-state index contributed by atoms with van der Waals surface area (Å²) in [6.45, 7) is 3.27. The predicted molar refractivity (Wildman–Crippen MR) is 56.2 cm³/mol. The third-order valence-corrected chi connectivity index (χ3v) is 4.32. The van der Waals surface area contributed by atoms with E-state index in [4.69, 9.17) is 4.74 Å². The minimum atomic E-state index is 0.541. The Kier molecular flexibility index (Phi) is 2.29. The third kappa shape index (κ3) is 1.59. The first-order chi connectivity index (χ1) is 6.89. The van der Waals surface area contributed by atoms with Crippen LogP contribution in [-0.4, -0.2) is 25.8 Å². The highest BCUT2D eigenvalue weighted by Gasteiger charge is 2.46. The van der Waals surface area contributed by atoms with Gasteiger partial charge in [0.2, 0.25) is 0 Å². The highest BCUT2D eigenvalue weighted by atomic mass is 16.5. The molecule has 0 amide bonds. The average molecular weight is 195 g/mol. The van der Waals surface area contributed by atoms with Crippen molar-refractivity contribution in [3.05, 3.63) is 0 Å². The van der Waals surface area contributed by atoms with E-state index in [-0.39, 0.29) is 0 Å². The fourth-order valence-corrected chi connectivity index (χ4v) is 3.02. The van der Waals surface area contributed by atoms with Crippen LogP contribution in [0, 0.1) is 11.3 Å². The van der Waals surface area contributed by atoms with Crippen LogP contribution in [0.5, 0.6) is 0 Å². The van der Waals surface area contributed by atoms with E-state index in [2.05, 4.69) is 5.32 Å². The maximum absolute atomic E-state index is 5.46. The fraction of sp³-hybridized carbons (Fsp3) is 1.00. The first-order valence-corrected chi connectivity index (χ1v) is 6.20. The molecule has 0 aromatic heterocycles. The van der Waals surface area contributed by atoms with Gasteiger partial charge in [-0.05, 0) is 31.6 Å². The van der Waals surface area contributed by atoms with E-state index in [0.717, 1.165) is 25.2 Å². The van der Waals surface area contributed by atoms with Crippen molar-refractivity contribution in [3.63, 3.8) is 0 Å². The normalized spacial score (nSPS) is 31.7. The second-order valence-electron chi connectivity index (χ2n) is 5.49. The van der Waals surface area contributed by atoms with E-state index in [9.17, 15) is 0 Å². The molecular formula is C12H21NO. The van der Waals surface area contributed by atoms with Gasteiger partial charge in [-0.15, -0.1) is 0 Å². The fourth-order valence-electron chi connectivity index (χ4n) is 3.02. The Morgan fingerprint density at radius 3 is 2.29 bits per heavy atom. The summed E-state index contributed by atoms with van der Waals surface area (Å²) in [6.07, 6.45) is 8.63. The van der Waals surface area contributed by atoms with Gasteiger partial charge in [0.05, 0.1) is 13.2 Å². The molecule has 1 N–H and O–H groups in total. The lowest BCUT2D eigenvalue weighted by molar-refractivity contribution is -0.142. The van der Waals surface area contributed by atoms with Gasteiger partial charge in [-0.1, -0.05) is 12.8 Å². The zero-order chi connectivity index (χ0) is 9.43. The van der Waals surface area contributed by atoms with E-state index < -0.39 is 0 Å². The van der Waals surface area contributed by atoms with Crippen LogP contribution in [0.3, 0.4) is 0 Å². The smallest absolute Gasteiger partial charge is 0.0559 e. The van der Waals surface area contributed by atoms with Crippen LogP contribution in [-0.2, 0) is 4.74 Å². The van der Waals surface area contributed by atoms with Crippen molar-refractivity contribution in [1.82, 2.24) is 5.32 Å². The molecule has 0 bridgehead atoms. The maximum atomic E-state index is 5.46. The molecule has 3 fully saturated rings. The summed E-state index contributed by atoms with van der Waals surface area (Å²) in [5.74, 6) is 0.961. The Labute approximate surface area is 86.4 Å². The zero-order valence-corrected chi connectivity index (χ0v) is 8.93. The molecular weight excluding hydrogens is 174 g/mol. The summed E-state index contributed by atoms with van der Waals surface area (Å²) in [4.78, 5) is 0. The van der Waals surface area contributed by atoms with Crippen LogP contribution in [0.25, 0.3) is 0 Å². The van der Waals surface area contributed by atoms with E-state index in [0.29, 0.717) is 5.41 Å². The molecule has 0 atom stereocenters. The van der Waals surface area contributed by atoms with Gasteiger partial charge < -0.3 is 10.1 Å². The standard InChI is InChI=1S/C12H21NO/c1-2-4-10(3-1)12(8-14-9-12)7-13-11-5-6-11/h10-11,13H,1-9H2. The lowest BCUT2D eigenvalue weighted by Crippen LogP contribution is -2.54. The van der Waals surface area contributed by atoms with E-state index in [1.807, 2.05) is 0 Å². The molecule has 1 heterocycles. The number of hydrogen-bond acceptors (Lipinski definition) is 2. The Morgan fingerprint density at radius 1 is 1.07 bits per heavy atom. The summed E-state index contributed by atoms with van der Waals surface area (Å²) in [6, 6.07) is 0.855. The molecule has 1 saturated heterocycles. The highest BCUT2D eigenvalue weighted by molar-refractivity contribution is 4.97. The third-order valence-electron chi connectivity index (χ3n) is 4.32. The number of rotatable bonds is 4. The minimum absolute atomic E-state index is 0.541. The van der Waals surface area contributed by atoms with Gasteiger partial charge >= 0.3 is 0 Å². The molecule has 3 aliphatic rings. The molecule has 0 aromatic carbocycles. The topological polar surface area (TPSA) is 21.3 Å². The van der Waals surface area contributed by atoms with Gasteiger partial charge in [0.15, 0.2) is 0 Å². The van der Waals surface area contributed by atoms with E-state index in [1.165, 1.54) is 45.1 Å². The predicted octanol–water partition coefficient (Wildman–Crippen LogP) is 1.95. The second kappa shape index (κ2) is 3.49. The first kappa shape index (κ1) is 9.17. The van der Waals surface area contributed by atoms with Crippen molar-refractivity contribution < 1.29 is 4.74 Å². The molecule has 1 aliphatic heterocycles. The number of nitrogens with one attached hydrogen (secondary N) is 1. The molecule has 0 aromatic rings. The minimum Gasteiger partial charge on any atom is -0.380 e. The molecule has 0 spiro atoms. The lowest BCUT2D eigenvalue weighted by Gasteiger charge is -2.46. The Hall–Kier alpha value is -0.0800. The summed E-state index contributed by atoms with van der Waals surface area (Å²) in [5.41, 5.74) is 0.541. The largest absolute Gasteiger partial charge is 0.380 e. The van der Waals surface area contributed by atoms with Gasteiger partial charge in [-0.25, -0.2) is 0 Å². The van der Waals surface area contributed by atoms with Crippen LogP contribution < -0.4 is 5.32 Å². The van der Waals surface area contributed by atoms with Crippen molar-refractivity contribution in [3.8, 4) is 0 Å². The van der Waals surface area contributed by atoms with Gasteiger partial charge in [-0.3, -0.25) is 0 Å². The van der Waals surface area contributed by atoms with E-state index >= 15 is 0 Å². The molecule has 80 valence electrons. The molecule has 0 radical (unpaired) electrons. The van der Waals surface area contributed by atoms with E-state index in [1.54, 1.807) is 0 Å². The molecule has 0 unspecified atom stereocenters. The molecule has 3 rings (SSSR count). The highest BCUT2D eigenvalue weighted by Crippen LogP contribution is 2.44. The van der Waals surface area contributed by atoms with Crippen molar-refractivity contribution in [2.75, 3.05) is 19.8 Å². The SMILES string of the molecule is C1CCC(C2(CNC3CC3)COC2)C1. The van der Waals surface area contributed by atoms with Crippen molar-refractivity contribution in [2.24, 2.45) is 11.3 Å². The maximum Gasteiger partial charge on any atom is 0.0559 e. The van der Waals surface area contributed by atoms with Gasteiger partial charge in [0.25, 0.3) is 0 Å². The summed E-state index contributed by atoms with van der Waals surface area (Å²) in [5, 5.41) is 3.70. The monoisotopic (exact) mass is 195 g/mol. The van der Waals surface area contributed by atoms with Gasteiger partial charge in [0, 0.05) is 18.0 Å². The van der Waals surface area contributed by atoms with Crippen molar-refractivity contribution >= 4 is 0 Å². The number of hydrogen-bond donors (Lipinski definition) is 1. The van der Waals surface area contributed by atoms with Crippen LogP contribution in [0.2, 0.25) is 0 Å². The number of ether oxygens (including phenoxy) is 1. The molecule has 2 saturated carbocycles. The summed E-state index contributed by atoms with van der Waals surface area (Å²) < 4.78 is 5.46. The van der Waals surface area contributed by atoms with Crippen molar-refractivity contribution in [1.29, 1.82) is 0 Å². The van der Waals surface area contributed by atoms with Gasteiger partial charge in [-0.2, -0.15) is 0 Å². The van der Waals surface area contributed by atoms with Gasteiger partial charge in [0.1, 0.15) is 0 Å². The second-order valence-corrected chi connectivity index (χ2v) is 5.49. The Bertz CT molecular complexity index is 202. The molecule has 2 aliphatic carbocycles. The molecule has 2 heteroatoms. The van der Waals surface area contributed by atoms with Crippen LogP contribution in [0.4, 0.5) is 0 Å². The quantitative estimate of drug-likeness (QED) is 0.740. The summed E-state index contributed by atoms with van der Waals surface area (Å²) in [7, 11) is 0. The van der Waals surface area contributed by atoms with Crippen molar-refractivity contribution in [2.45, 2.75) is 44.6 Å². The van der Waals surface area contributed by atoms with Crippen LogP contribution in [0.1, 0.15) is 38.5 Å². The lowest BCUT2D eigenvalue weighted by atomic mass is 9.72. The van der Waals surface area contributed by atoms with Crippen LogP contribution >= 0.6 is 0 Å². The van der Waals surface area contributed by atoms with Crippen LogP contribution in [0.15, 0.2) is 0 Å². The first-order valence-electron chi connectivity index (χ1n) is 6.20.